The molecule has 0 bridgehead atoms. The molecule has 2 saturated heterocycles. The third kappa shape index (κ3) is 4.52. The molecule has 2 N–H and O–H groups in total. The van der Waals surface area contributed by atoms with Gasteiger partial charge >= 0.3 is 0 Å². The van der Waals surface area contributed by atoms with Crippen LogP contribution in [0, 0.1) is 5.92 Å². The molecule has 2 heterocycles. The van der Waals surface area contributed by atoms with Crippen molar-refractivity contribution in [3.05, 3.63) is 70.7 Å². The van der Waals surface area contributed by atoms with Crippen LogP contribution in [0.15, 0.2) is 54.6 Å². The number of nitrogens with one attached hydrogen (secondary N) is 2. The Hall–Kier alpha value is -1.88. The largest absolute Gasteiger partial charge is 0.341 e. The van der Waals surface area contributed by atoms with Gasteiger partial charge in [0, 0.05) is 24.2 Å². The number of halogens is 1. The number of benzene rings is 2. The lowest BCUT2D eigenvalue weighted by molar-refractivity contribution is -0.134. The second-order valence-corrected chi connectivity index (χ2v) is 8.08. The Labute approximate surface area is 165 Å². The van der Waals surface area contributed by atoms with Gasteiger partial charge in [-0.25, -0.2) is 10.9 Å². The predicted molar refractivity (Wildman–Crippen MR) is 108 cm³/mol. The summed E-state index contributed by atoms with van der Waals surface area (Å²) < 4.78 is 0. The molecule has 2 fully saturated rings. The molecule has 2 aliphatic rings. The van der Waals surface area contributed by atoms with Crippen molar-refractivity contribution in [2.24, 2.45) is 5.92 Å². The number of hydrogen-bond acceptors (Lipinski definition) is 3. The number of hydrazine groups is 1. The average Bonchev–Trinajstić information content (AvgIpc) is 3.19. The van der Waals surface area contributed by atoms with E-state index < -0.39 is 0 Å². The lowest BCUT2D eigenvalue weighted by Crippen LogP contribution is -2.48. The number of piperidine rings is 1. The lowest BCUT2D eigenvalue weighted by Gasteiger charge is -2.33. The van der Waals surface area contributed by atoms with Crippen LogP contribution in [0.2, 0.25) is 5.02 Å². The highest BCUT2D eigenvalue weighted by molar-refractivity contribution is 6.30. The van der Waals surface area contributed by atoms with E-state index in [2.05, 4.69) is 41.2 Å². The van der Waals surface area contributed by atoms with Gasteiger partial charge in [-0.15, -0.1) is 0 Å². The predicted octanol–water partition coefficient (Wildman–Crippen LogP) is 3.73. The maximum atomic E-state index is 12.9. The van der Waals surface area contributed by atoms with Gasteiger partial charge in [-0.1, -0.05) is 54.1 Å². The smallest absolute Gasteiger partial charge is 0.241 e. The Morgan fingerprint density at radius 1 is 1.04 bits per heavy atom. The second-order valence-electron chi connectivity index (χ2n) is 7.64. The summed E-state index contributed by atoms with van der Waals surface area (Å²) in [6.07, 6.45) is 4.03. The fraction of sp³-hybridized carbons (Fsp3) is 0.409. The number of nitrogens with zero attached hydrogens (tertiary/aromatic N) is 1. The van der Waals surface area contributed by atoms with Gasteiger partial charge in [-0.05, 0) is 54.9 Å². The van der Waals surface area contributed by atoms with Crippen molar-refractivity contribution in [1.29, 1.82) is 0 Å². The second kappa shape index (κ2) is 8.42. The number of carbonyl (C=O) groups excluding carboxylic acids is 1. The molecule has 0 radical (unpaired) electrons. The maximum absolute atomic E-state index is 12.9. The molecule has 0 spiro atoms. The standard InChI is InChI=1S/C22H26ClN3O/c23-19-8-4-7-18(14-19)20-15-21(25-24-20)22(27)26-11-9-17(10-12-26)13-16-5-2-1-3-6-16/h1-8,14,17,20-21,24-25H,9-13,15H2. The first kappa shape index (κ1) is 18.5. The third-order valence-corrected chi connectivity index (χ3v) is 5.98. The van der Waals surface area contributed by atoms with E-state index in [-0.39, 0.29) is 18.0 Å². The lowest BCUT2D eigenvalue weighted by atomic mass is 9.90. The van der Waals surface area contributed by atoms with Crippen LogP contribution < -0.4 is 10.9 Å². The molecule has 0 aliphatic carbocycles. The molecule has 2 atom stereocenters. The quantitative estimate of drug-likeness (QED) is 0.845. The first-order chi connectivity index (χ1) is 13.2. The Morgan fingerprint density at radius 2 is 1.81 bits per heavy atom. The Kier molecular flexibility index (Phi) is 5.77. The van der Waals surface area contributed by atoms with Gasteiger partial charge in [0.2, 0.25) is 5.91 Å². The Bertz CT molecular complexity index is 774. The first-order valence-corrected chi connectivity index (χ1v) is 10.2. The molecule has 2 aromatic rings. The normalized spacial score (nSPS) is 23.5. The van der Waals surface area contributed by atoms with Gasteiger partial charge in [0.1, 0.15) is 6.04 Å². The molecule has 4 rings (SSSR count). The zero-order chi connectivity index (χ0) is 18.6. The number of hydrogen-bond donors (Lipinski definition) is 2. The number of rotatable bonds is 4. The summed E-state index contributed by atoms with van der Waals surface area (Å²) in [5.74, 6) is 0.885. The van der Waals surface area contributed by atoms with E-state index in [0.29, 0.717) is 5.92 Å². The molecule has 5 heteroatoms. The van der Waals surface area contributed by atoms with Crippen LogP contribution in [0.25, 0.3) is 0 Å². The molecular formula is C22H26ClN3O. The minimum absolute atomic E-state index is 0.119. The molecular weight excluding hydrogens is 358 g/mol. The summed E-state index contributed by atoms with van der Waals surface area (Å²) in [7, 11) is 0. The van der Waals surface area contributed by atoms with Crippen LogP contribution in [0.5, 0.6) is 0 Å². The van der Waals surface area contributed by atoms with Crippen LogP contribution in [0.4, 0.5) is 0 Å². The van der Waals surface area contributed by atoms with E-state index in [9.17, 15) is 4.79 Å². The fourth-order valence-electron chi connectivity index (χ4n) is 4.19. The molecule has 142 valence electrons. The summed E-state index contributed by atoms with van der Waals surface area (Å²) in [6, 6.07) is 18.4. The monoisotopic (exact) mass is 383 g/mol. The number of carbonyl (C=O) groups is 1. The summed E-state index contributed by atoms with van der Waals surface area (Å²) in [5.41, 5.74) is 8.96. The van der Waals surface area contributed by atoms with Crippen LogP contribution in [-0.2, 0) is 11.2 Å². The van der Waals surface area contributed by atoms with Gasteiger partial charge in [-0.3, -0.25) is 4.79 Å². The maximum Gasteiger partial charge on any atom is 0.241 e. The molecule has 2 aromatic carbocycles. The van der Waals surface area contributed by atoms with E-state index in [1.54, 1.807) is 0 Å². The van der Waals surface area contributed by atoms with Crippen molar-refractivity contribution < 1.29 is 4.79 Å². The number of likely N-dealkylation sites (tertiary alicyclic amines) is 1. The highest BCUT2D eigenvalue weighted by Crippen LogP contribution is 2.27. The van der Waals surface area contributed by atoms with Crippen molar-refractivity contribution in [2.75, 3.05) is 13.1 Å². The molecule has 2 unspecified atom stereocenters. The molecule has 2 aliphatic heterocycles. The highest BCUT2D eigenvalue weighted by atomic mass is 35.5. The van der Waals surface area contributed by atoms with Crippen LogP contribution >= 0.6 is 11.6 Å². The average molecular weight is 384 g/mol. The van der Waals surface area contributed by atoms with E-state index in [4.69, 9.17) is 11.6 Å². The Morgan fingerprint density at radius 3 is 2.56 bits per heavy atom. The third-order valence-electron chi connectivity index (χ3n) is 5.75. The van der Waals surface area contributed by atoms with E-state index in [1.165, 1.54) is 5.56 Å². The molecule has 27 heavy (non-hydrogen) atoms. The first-order valence-electron chi connectivity index (χ1n) is 9.78. The summed E-state index contributed by atoms with van der Waals surface area (Å²) >= 11 is 6.09. The van der Waals surface area contributed by atoms with Gasteiger partial charge < -0.3 is 4.90 Å². The Balaban J connectivity index is 1.28. The van der Waals surface area contributed by atoms with E-state index in [1.807, 2.05) is 29.2 Å². The van der Waals surface area contributed by atoms with Crippen molar-refractivity contribution in [3.63, 3.8) is 0 Å². The van der Waals surface area contributed by atoms with Crippen LogP contribution in [0.3, 0.4) is 0 Å². The molecule has 0 aromatic heterocycles. The topological polar surface area (TPSA) is 44.4 Å². The van der Waals surface area contributed by atoms with Crippen molar-refractivity contribution >= 4 is 17.5 Å². The van der Waals surface area contributed by atoms with Gasteiger partial charge in [0.25, 0.3) is 0 Å². The minimum Gasteiger partial charge on any atom is -0.341 e. The van der Waals surface area contributed by atoms with Crippen LogP contribution in [0.1, 0.15) is 36.4 Å². The summed E-state index contributed by atoms with van der Waals surface area (Å²) in [5, 5.41) is 0.726. The van der Waals surface area contributed by atoms with Crippen molar-refractivity contribution in [3.8, 4) is 0 Å². The molecule has 4 nitrogen and oxygen atoms in total. The van der Waals surface area contributed by atoms with Gasteiger partial charge in [-0.2, -0.15) is 0 Å². The van der Waals surface area contributed by atoms with E-state index in [0.717, 1.165) is 49.4 Å². The van der Waals surface area contributed by atoms with Gasteiger partial charge in [0.05, 0.1) is 0 Å². The zero-order valence-electron chi connectivity index (χ0n) is 15.4. The SMILES string of the molecule is O=C(C1CC(c2cccc(Cl)c2)NN1)N1CCC(Cc2ccccc2)CC1. The van der Waals surface area contributed by atoms with E-state index >= 15 is 0 Å². The summed E-state index contributed by atoms with van der Waals surface area (Å²) in [4.78, 5) is 14.9. The minimum atomic E-state index is -0.167. The molecule has 0 saturated carbocycles. The molecule has 1 amide bonds. The van der Waals surface area contributed by atoms with Crippen molar-refractivity contribution in [2.45, 2.75) is 37.8 Å². The van der Waals surface area contributed by atoms with Crippen LogP contribution in [-0.4, -0.2) is 29.9 Å². The van der Waals surface area contributed by atoms with Gasteiger partial charge in [0.15, 0.2) is 0 Å². The number of amides is 1. The van der Waals surface area contributed by atoms with Crippen molar-refractivity contribution in [1.82, 2.24) is 15.8 Å². The summed E-state index contributed by atoms with van der Waals surface area (Å²) in [6.45, 7) is 1.71. The zero-order valence-corrected chi connectivity index (χ0v) is 16.2. The fourth-order valence-corrected chi connectivity index (χ4v) is 4.38. The highest BCUT2D eigenvalue weighted by Gasteiger charge is 2.34.